The molecule has 0 saturated carbocycles. The Morgan fingerprint density at radius 3 is 2.31 bits per heavy atom. The molecule has 0 bridgehead atoms. The van der Waals surface area contributed by atoms with Crippen LogP contribution < -0.4 is 10.5 Å². The molecule has 8 heteroatoms. The molecule has 1 aliphatic heterocycles. The van der Waals surface area contributed by atoms with Crippen LogP contribution in [0.2, 0.25) is 0 Å². The maximum atomic E-state index is 13.7. The molecule has 6 nitrogen and oxygen atoms in total. The number of aromatic hydroxyl groups is 1. The normalized spacial score (nSPS) is 15.4. The van der Waals surface area contributed by atoms with Gasteiger partial charge in [0.25, 0.3) is 5.56 Å². The van der Waals surface area contributed by atoms with Crippen LogP contribution in [0.3, 0.4) is 0 Å². The molecule has 2 aromatic carbocycles. The van der Waals surface area contributed by atoms with E-state index in [2.05, 4.69) is 21.9 Å². The predicted octanol–water partition coefficient (Wildman–Crippen LogP) is 4.28. The third-order valence-corrected chi connectivity index (χ3v) is 7.36. The van der Waals surface area contributed by atoms with Crippen molar-refractivity contribution in [1.29, 1.82) is 0 Å². The fourth-order valence-corrected chi connectivity index (χ4v) is 5.13. The van der Waals surface area contributed by atoms with Gasteiger partial charge >= 0.3 is 0 Å². The summed E-state index contributed by atoms with van der Waals surface area (Å²) in [6.07, 6.45) is 2.03. The van der Waals surface area contributed by atoms with Gasteiger partial charge in [-0.1, -0.05) is 12.1 Å². The average molecular weight is 498 g/mol. The van der Waals surface area contributed by atoms with Crippen LogP contribution in [-0.2, 0) is 11.3 Å². The first kappa shape index (κ1) is 25.3. The first-order chi connectivity index (χ1) is 16.9. The number of nitrogens with zero attached hydrogens (tertiary/aromatic N) is 3. The monoisotopic (exact) mass is 497 g/mol. The Balaban J connectivity index is 1.70. The number of pyridine rings is 1. The highest BCUT2D eigenvalue weighted by atomic mass is 32.2. The zero-order chi connectivity index (χ0) is 24.9. The van der Waals surface area contributed by atoms with Crippen molar-refractivity contribution in [3.63, 3.8) is 0 Å². The maximum Gasteiger partial charge on any atom is 0.259 e. The van der Waals surface area contributed by atoms with E-state index in [4.69, 9.17) is 4.74 Å². The van der Waals surface area contributed by atoms with Gasteiger partial charge in [0.1, 0.15) is 11.6 Å². The van der Waals surface area contributed by atoms with Gasteiger partial charge in [0.15, 0.2) is 0 Å². The van der Waals surface area contributed by atoms with Crippen LogP contribution in [0.25, 0.3) is 0 Å². The van der Waals surface area contributed by atoms with Gasteiger partial charge in [0.05, 0.1) is 18.2 Å². The van der Waals surface area contributed by atoms with Gasteiger partial charge in [-0.15, -0.1) is 11.8 Å². The van der Waals surface area contributed by atoms with Crippen LogP contribution in [0.5, 0.6) is 5.75 Å². The van der Waals surface area contributed by atoms with Crippen LogP contribution in [0.1, 0.15) is 22.9 Å². The Kier molecular flexibility index (Phi) is 8.15. The Labute approximate surface area is 209 Å². The van der Waals surface area contributed by atoms with Gasteiger partial charge in [-0.3, -0.25) is 9.69 Å². The van der Waals surface area contributed by atoms with Crippen LogP contribution in [0.15, 0.2) is 64.3 Å². The standard InChI is InChI=1S/C27H32FN3O3S/c1-19-18-24(32)25(27(33)31(19)16-17-34-2)26(20-4-10-23(35-3)11-5-20)30-14-12-29(13-15-30)22-8-6-21(28)7-9-22/h4-11,18,26,32H,12-17H2,1-3H3/t26-/m0/s1. The summed E-state index contributed by atoms with van der Waals surface area (Å²) in [4.78, 5) is 19.3. The molecule has 4 rings (SSSR count). The number of benzene rings is 2. The molecule has 186 valence electrons. The first-order valence-corrected chi connectivity index (χ1v) is 13.0. The average Bonchev–Trinajstić information content (AvgIpc) is 2.87. The molecule has 0 unspecified atom stereocenters. The second kappa shape index (κ2) is 11.3. The predicted molar refractivity (Wildman–Crippen MR) is 139 cm³/mol. The van der Waals surface area contributed by atoms with Crippen molar-refractivity contribution in [2.75, 3.05) is 51.1 Å². The number of methoxy groups -OCH3 is 1. The van der Waals surface area contributed by atoms with E-state index < -0.39 is 0 Å². The second-order valence-electron chi connectivity index (χ2n) is 8.71. The van der Waals surface area contributed by atoms with Gasteiger partial charge in [-0.25, -0.2) is 4.39 Å². The summed E-state index contributed by atoms with van der Waals surface area (Å²) in [5.74, 6) is -0.234. The minimum Gasteiger partial charge on any atom is -0.507 e. The van der Waals surface area contributed by atoms with E-state index in [9.17, 15) is 14.3 Å². The minimum absolute atomic E-state index is 0.0149. The second-order valence-corrected chi connectivity index (χ2v) is 9.59. The van der Waals surface area contributed by atoms with Gasteiger partial charge in [0.2, 0.25) is 0 Å². The topological polar surface area (TPSA) is 57.9 Å². The molecule has 1 saturated heterocycles. The Morgan fingerprint density at radius 1 is 1.06 bits per heavy atom. The molecular formula is C27H32FN3O3S. The number of hydrogen-bond donors (Lipinski definition) is 1. The van der Waals surface area contributed by atoms with E-state index >= 15 is 0 Å². The highest BCUT2D eigenvalue weighted by Crippen LogP contribution is 2.34. The fourth-order valence-electron chi connectivity index (χ4n) is 4.72. The molecule has 1 aromatic heterocycles. The number of ether oxygens (including phenoxy) is 1. The SMILES string of the molecule is COCCn1c(C)cc(O)c([C@H](c2ccc(SC)cc2)N2CCN(c3ccc(F)cc3)CC2)c1=O. The van der Waals surface area contributed by atoms with Crippen molar-refractivity contribution in [3.05, 3.63) is 87.6 Å². The number of hydrogen-bond acceptors (Lipinski definition) is 6. The van der Waals surface area contributed by atoms with E-state index in [-0.39, 0.29) is 23.2 Å². The molecule has 0 amide bonds. The lowest BCUT2D eigenvalue weighted by Crippen LogP contribution is -2.49. The van der Waals surface area contributed by atoms with Crippen molar-refractivity contribution in [1.82, 2.24) is 9.47 Å². The summed E-state index contributed by atoms with van der Waals surface area (Å²) < 4.78 is 20.3. The van der Waals surface area contributed by atoms with Gasteiger partial charge in [-0.2, -0.15) is 0 Å². The van der Waals surface area contributed by atoms with E-state index in [1.54, 1.807) is 41.6 Å². The van der Waals surface area contributed by atoms with Gasteiger partial charge < -0.3 is 19.3 Å². The van der Waals surface area contributed by atoms with E-state index in [0.717, 1.165) is 29.2 Å². The summed E-state index contributed by atoms with van der Waals surface area (Å²) in [6.45, 7) is 5.50. The van der Waals surface area contributed by atoms with Crippen molar-refractivity contribution < 1.29 is 14.2 Å². The molecule has 1 aliphatic rings. The van der Waals surface area contributed by atoms with Crippen LogP contribution >= 0.6 is 11.8 Å². The molecule has 2 heterocycles. The highest BCUT2D eigenvalue weighted by Gasteiger charge is 2.31. The largest absolute Gasteiger partial charge is 0.507 e. The number of anilines is 1. The van der Waals surface area contributed by atoms with Crippen molar-refractivity contribution in [2.24, 2.45) is 0 Å². The lowest BCUT2D eigenvalue weighted by molar-refractivity contribution is 0.183. The molecule has 0 radical (unpaired) electrons. The smallest absolute Gasteiger partial charge is 0.259 e. The molecule has 1 N–H and O–H groups in total. The summed E-state index contributed by atoms with van der Waals surface area (Å²) >= 11 is 1.66. The fraction of sp³-hybridized carbons (Fsp3) is 0.370. The van der Waals surface area contributed by atoms with Crippen LogP contribution in [-0.4, -0.2) is 60.7 Å². The highest BCUT2D eigenvalue weighted by molar-refractivity contribution is 7.98. The third-order valence-electron chi connectivity index (χ3n) is 6.62. The van der Waals surface area contributed by atoms with Crippen molar-refractivity contribution in [2.45, 2.75) is 24.4 Å². The summed E-state index contributed by atoms with van der Waals surface area (Å²) in [6, 6.07) is 16.0. The number of aromatic nitrogens is 1. The lowest BCUT2D eigenvalue weighted by atomic mass is 9.96. The molecular weight excluding hydrogens is 465 g/mol. The summed E-state index contributed by atoms with van der Waals surface area (Å²) in [5.41, 5.74) is 2.84. The van der Waals surface area contributed by atoms with E-state index in [1.807, 2.05) is 25.3 Å². The van der Waals surface area contributed by atoms with Gasteiger partial charge in [-0.05, 0) is 61.2 Å². The maximum absolute atomic E-state index is 13.7. The third kappa shape index (κ3) is 5.55. The Morgan fingerprint density at radius 2 is 1.71 bits per heavy atom. The van der Waals surface area contributed by atoms with Gasteiger partial charge in [0, 0.05) is 56.1 Å². The summed E-state index contributed by atoms with van der Waals surface area (Å²) in [5, 5.41) is 11.0. The minimum atomic E-state index is -0.386. The molecule has 35 heavy (non-hydrogen) atoms. The number of thioether (sulfide) groups is 1. The van der Waals surface area contributed by atoms with E-state index in [0.29, 0.717) is 37.5 Å². The number of halogens is 1. The first-order valence-electron chi connectivity index (χ1n) is 11.7. The molecule has 0 spiro atoms. The molecule has 1 fully saturated rings. The Hall–Kier alpha value is -2.81. The zero-order valence-electron chi connectivity index (χ0n) is 20.4. The quantitative estimate of drug-likeness (QED) is 0.469. The van der Waals surface area contributed by atoms with Crippen molar-refractivity contribution >= 4 is 17.4 Å². The Bertz CT molecular complexity index is 1190. The lowest BCUT2D eigenvalue weighted by Gasteiger charge is -2.40. The summed E-state index contributed by atoms with van der Waals surface area (Å²) in [7, 11) is 1.61. The number of aryl methyl sites for hydroxylation is 1. The molecule has 0 aliphatic carbocycles. The number of rotatable bonds is 8. The van der Waals surface area contributed by atoms with Crippen molar-refractivity contribution in [3.8, 4) is 5.75 Å². The van der Waals surface area contributed by atoms with Crippen LogP contribution in [0.4, 0.5) is 10.1 Å². The van der Waals surface area contributed by atoms with E-state index in [1.165, 1.54) is 12.1 Å². The van der Waals surface area contributed by atoms with Crippen LogP contribution in [0, 0.1) is 12.7 Å². The zero-order valence-corrected chi connectivity index (χ0v) is 21.2. The molecule has 1 atom stereocenters. The molecule has 3 aromatic rings. The number of piperazine rings is 1.